The highest BCUT2D eigenvalue weighted by atomic mass is 19.4. The molecule has 0 unspecified atom stereocenters. The van der Waals surface area contributed by atoms with Crippen LogP contribution in [-0.2, 0) is 15.7 Å². The highest BCUT2D eigenvalue weighted by Gasteiger charge is 2.36. The van der Waals surface area contributed by atoms with Gasteiger partial charge in [-0.05, 0) is 42.5 Å². The first-order valence-electron chi connectivity index (χ1n) is 9.30. The molecule has 2 aliphatic rings. The molecule has 0 radical (unpaired) electrons. The molecule has 1 aliphatic heterocycles. The predicted octanol–water partition coefficient (Wildman–Crippen LogP) is 3.97. The van der Waals surface area contributed by atoms with Crippen LogP contribution >= 0.6 is 0 Å². The molecule has 1 aliphatic carbocycles. The fourth-order valence-corrected chi connectivity index (χ4v) is 3.34. The maximum absolute atomic E-state index is 13.6. The third-order valence-electron chi connectivity index (χ3n) is 4.92. The third kappa shape index (κ3) is 3.77. The van der Waals surface area contributed by atoms with Crippen LogP contribution in [0.25, 0.3) is 22.5 Å². The minimum Gasteiger partial charge on any atom is -0.402 e. The Morgan fingerprint density at radius 3 is 2.59 bits per heavy atom. The molecule has 0 spiro atoms. The number of nitrogens with zero attached hydrogens (tertiary/aromatic N) is 3. The zero-order chi connectivity index (χ0) is 20.0. The highest BCUT2D eigenvalue weighted by molar-refractivity contribution is 5.85. The molecule has 1 saturated carbocycles. The van der Waals surface area contributed by atoms with Crippen LogP contribution in [0.1, 0.15) is 29.9 Å². The number of hydrogen-bond donors (Lipinski definition) is 1. The van der Waals surface area contributed by atoms with E-state index in [1.165, 1.54) is 6.07 Å². The van der Waals surface area contributed by atoms with Gasteiger partial charge in [-0.2, -0.15) is 13.2 Å². The van der Waals surface area contributed by atoms with Crippen LogP contribution in [0.3, 0.4) is 0 Å². The van der Waals surface area contributed by atoms with Crippen LogP contribution in [0.5, 0.6) is 0 Å². The number of ether oxygens (including phenoxy) is 2. The molecule has 152 valence electrons. The average Bonchev–Trinajstić information content (AvgIpc) is 3.21. The topological polar surface area (TPSA) is 82.3 Å². The summed E-state index contributed by atoms with van der Waals surface area (Å²) in [6.45, 7) is 1.35. The van der Waals surface area contributed by atoms with Crippen molar-refractivity contribution in [2.24, 2.45) is 0 Å². The molecule has 1 N–H and O–H groups in total. The Balaban J connectivity index is 1.45. The van der Waals surface area contributed by atoms with Crippen LogP contribution in [0.4, 0.5) is 19.2 Å². The van der Waals surface area contributed by atoms with Gasteiger partial charge in [0.2, 0.25) is 0 Å². The fourth-order valence-electron chi connectivity index (χ4n) is 3.34. The number of aromatic nitrogens is 3. The molecule has 0 bridgehead atoms. The van der Waals surface area contributed by atoms with E-state index in [1.54, 1.807) is 18.2 Å². The van der Waals surface area contributed by atoms with Crippen molar-refractivity contribution in [1.29, 1.82) is 0 Å². The first kappa shape index (κ1) is 18.3. The molecule has 3 aromatic rings. The molecule has 0 atom stereocenters. The molecule has 0 amide bonds. The molecule has 29 heavy (non-hydrogen) atoms. The van der Waals surface area contributed by atoms with Crippen molar-refractivity contribution in [3.63, 3.8) is 0 Å². The number of benzene rings is 1. The number of nitrogens with one attached hydrogen (secondary N) is 1. The van der Waals surface area contributed by atoms with E-state index in [1.807, 2.05) is 0 Å². The van der Waals surface area contributed by atoms with Crippen molar-refractivity contribution in [2.45, 2.75) is 31.2 Å². The van der Waals surface area contributed by atoms with Crippen molar-refractivity contribution in [3.05, 3.63) is 35.4 Å². The Bertz CT molecular complexity index is 1040. The lowest BCUT2D eigenvalue weighted by atomic mass is 10.0. The van der Waals surface area contributed by atoms with Gasteiger partial charge in [-0.25, -0.2) is 4.98 Å². The molecule has 1 saturated heterocycles. The van der Waals surface area contributed by atoms with E-state index in [4.69, 9.17) is 13.9 Å². The number of pyridine rings is 1. The number of hydrogen-bond acceptors (Lipinski definition) is 7. The van der Waals surface area contributed by atoms with Crippen LogP contribution in [0.15, 0.2) is 28.7 Å². The fraction of sp³-hybridized carbons (Fsp3) is 0.421. The van der Waals surface area contributed by atoms with Crippen LogP contribution in [0.2, 0.25) is 0 Å². The summed E-state index contributed by atoms with van der Waals surface area (Å²) in [5, 5.41) is 11.1. The standard InChI is InChI=1S/C19H17F3N4O3/c20-19(21,22)13-8-12(10-1-2-10)7-11-3-4-14(24-16(11)13)17-25-26-18(29-17)23-9-15-27-5-6-28-15/h3-4,7-8,10,15H,1-2,5-6,9H2,(H,23,26). The number of halogens is 3. The largest absolute Gasteiger partial charge is 0.418 e. The highest BCUT2D eigenvalue weighted by Crippen LogP contribution is 2.44. The molecule has 3 heterocycles. The Morgan fingerprint density at radius 2 is 1.86 bits per heavy atom. The zero-order valence-corrected chi connectivity index (χ0v) is 15.2. The monoisotopic (exact) mass is 406 g/mol. The van der Waals surface area contributed by atoms with E-state index in [2.05, 4.69) is 20.5 Å². The maximum Gasteiger partial charge on any atom is 0.418 e. The molecular formula is C19H17F3N4O3. The molecule has 7 nitrogen and oxygen atoms in total. The summed E-state index contributed by atoms with van der Waals surface area (Å²) in [6, 6.07) is 6.29. The van der Waals surface area contributed by atoms with Crippen LogP contribution in [0, 0.1) is 0 Å². The van der Waals surface area contributed by atoms with Gasteiger partial charge in [-0.15, -0.1) is 5.10 Å². The second kappa shape index (κ2) is 6.96. The van der Waals surface area contributed by atoms with E-state index in [9.17, 15) is 13.2 Å². The second-order valence-electron chi connectivity index (χ2n) is 7.07. The maximum atomic E-state index is 13.6. The van der Waals surface area contributed by atoms with Gasteiger partial charge in [-0.3, -0.25) is 0 Å². The summed E-state index contributed by atoms with van der Waals surface area (Å²) < 4.78 is 57.0. The smallest absolute Gasteiger partial charge is 0.402 e. The Labute approximate surface area is 163 Å². The summed E-state index contributed by atoms with van der Waals surface area (Å²) in [4.78, 5) is 4.19. The number of anilines is 1. The summed E-state index contributed by atoms with van der Waals surface area (Å²) >= 11 is 0. The van der Waals surface area contributed by atoms with Crippen molar-refractivity contribution in [2.75, 3.05) is 25.1 Å². The lowest BCUT2D eigenvalue weighted by Crippen LogP contribution is -2.20. The van der Waals surface area contributed by atoms with Gasteiger partial charge >= 0.3 is 12.2 Å². The number of alkyl halides is 3. The molecule has 2 fully saturated rings. The van der Waals surface area contributed by atoms with Crippen molar-refractivity contribution >= 4 is 16.9 Å². The first-order valence-corrected chi connectivity index (χ1v) is 9.30. The molecule has 2 aromatic heterocycles. The summed E-state index contributed by atoms with van der Waals surface area (Å²) in [7, 11) is 0. The van der Waals surface area contributed by atoms with E-state index in [0.717, 1.165) is 12.8 Å². The third-order valence-corrected chi connectivity index (χ3v) is 4.92. The minimum absolute atomic E-state index is 0.0297. The van der Waals surface area contributed by atoms with Crippen LogP contribution < -0.4 is 5.32 Å². The van der Waals surface area contributed by atoms with Gasteiger partial charge in [0.25, 0.3) is 5.89 Å². The first-order chi connectivity index (χ1) is 14.0. The lowest BCUT2D eigenvalue weighted by molar-refractivity contribution is -0.136. The number of fused-ring (bicyclic) bond motifs is 1. The molecule has 10 heteroatoms. The second-order valence-corrected chi connectivity index (χ2v) is 7.07. The van der Waals surface area contributed by atoms with E-state index in [0.29, 0.717) is 30.7 Å². The van der Waals surface area contributed by atoms with Gasteiger partial charge in [0.05, 0.1) is 30.8 Å². The van der Waals surface area contributed by atoms with Gasteiger partial charge in [0, 0.05) is 5.39 Å². The zero-order valence-electron chi connectivity index (χ0n) is 15.2. The average molecular weight is 406 g/mol. The summed E-state index contributed by atoms with van der Waals surface area (Å²) in [5.74, 6) is 0.236. The summed E-state index contributed by atoms with van der Waals surface area (Å²) in [5.41, 5.74) is 0.0168. The van der Waals surface area contributed by atoms with E-state index >= 15 is 0 Å². The van der Waals surface area contributed by atoms with Crippen molar-refractivity contribution < 1.29 is 27.1 Å². The van der Waals surface area contributed by atoms with E-state index < -0.39 is 18.0 Å². The Hall–Kier alpha value is -2.72. The van der Waals surface area contributed by atoms with Gasteiger partial charge < -0.3 is 19.2 Å². The summed E-state index contributed by atoms with van der Waals surface area (Å²) in [6.07, 6.45) is -3.07. The van der Waals surface area contributed by atoms with Crippen LogP contribution in [-0.4, -0.2) is 41.2 Å². The van der Waals surface area contributed by atoms with Gasteiger partial charge in [0.1, 0.15) is 5.69 Å². The minimum atomic E-state index is -4.50. The number of rotatable bonds is 5. The molecule has 5 rings (SSSR count). The molecular weight excluding hydrogens is 389 g/mol. The quantitative estimate of drug-likeness (QED) is 0.687. The van der Waals surface area contributed by atoms with Crippen molar-refractivity contribution in [1.82, 2.24) is 15.2 Å². The lowest BCUT2D eigenvalue weighted by Gasteiger charge is -2.12. The normalized spacial score (nSPS) is 17.9. The Kier molecular flexibility index (Phi) is 4.39. The SMILES string of the molecule is FC(F)(F)c1cc(C2CC2)cc2ccc(-c3nnc(NCC4OCCO4)o3)nc12. The Morgan fingerprint density at radius 1 is 1.07 bits per heavy atom. The predicted molar refractivity (Wildman–Crippen MR) is 96.2 cm³/mol. The molecule has 1 aromatic carbocycles. The van der Waals surface area contributed by atoms with Gasteiger partial charge in [0.15, 0.2) is 6.29 Å². The van der Waals surface area contributed by atoms with E-state index in [-0.39, 0.29) is 29.0 Å². The van der Waals surface area contributed by atoms with Gasteiger partial charge in [-0.1, -0.05) is 11.2 Å². The van der Waals surface area contributed by atoms with Crippen molar-refractivity contribution in [3.8, 4) is 11.6 Å².